The molecule has 0 rings (SSSR count). The zero-order valence-corrected chi connectivity index (χ0v) is 8.89. The molecule has 2 N–H and O–H groups in total. The number of aliphatic hydroxyl groups is 1. The fourth-order valence-electron chi connectivity index (χ4n) is 1.06. The fraction of sp³-hybridized carbons (Fsp3) is 0.900. The predicted molar refractivity (Wildman–Crippen MR) is 53.4 cm³/mol. The highest BCUT2D eigenvalue weighted by molar-refractivity contribution is 5.75. The third kappa shape index (κ3) is 9.34. The Bertz CT molecular complexity index is 149. The van der Waals surface area contributed by atoms with Gasteiger partial charge in [-0.3, -0.25) is 4.79 Å². The molecule has 0 saturated heterocycles. The van der Waals surface area contributed by atoms with Crippen LogP contribution < -0.4 is 5.32 Å². The van der Waals surface area contributed by atoms with Crippen molar-refractivity contribution in [2.45, 2.75) is 40.0 Å². The van der Waals surface area contributed by atoms with Gasteiger partial charge in [-0.15, -0.1) is 0 Å². The standard InChI is InChI=1S/C10H21NO2/c1-10(2,3)6-4-5-9(13)11-7-8-12/h12H,4-8H2,1-3H3,(H,11,13). The van der Waals surface area contributed by atoms with Crippen molar-refractivity contribution in [3.05, 3.63) is 0 Å². The normalized spacial score (nSPS) is 11.4. The van der Waals surface area contributed by atoms with Crippen LogP contribution >= 0.6 is 0 Å². The first-order valence-electron chi connectivity index (χ1n) is 4.83. The van der Waals surface area contributed by atoms with Gasteiger partial charge in [-0.2, -0.15) is 0 Å². The Kier molecular flexibility index (Phi) is 5.71. The Balaban J connectivity index is 3.37. The van der Waals surface area contributed by atoms with Crippen molar-refractivity contribution >= 4 is 5.91 Å². The van der Waals surface area contributed by atoms with E-state index in [1.54, 1.807) is 0 Å². The summed E-state index contributed by atoms with van der Waals surface area (Å²) in [6.07, 6.45) is 2.54. The summed E-state index contributed by atoms with van der Waals surface area (Å²) in [7, 11) is 0. The molecule has 0 aliphatic rings. The molecule has 0 fully saturated rings. The molecule has 0 aromatic rings. The molecule has 0 saturated carbocycles. The van der Waals surface area contributed by atoms with Crippen LogP contribution in [0.15, 0.2) is 0 Å². The molecular weight excluding hydrogens is 166 g/mol. The van der Waals surface area contributed by atoms with E-state index in [4.69, 9.17) is 5.11 Å². The van der Waals surface area contributed by atoms with E-state index < -0.39 is 0 Å². The molecule has 0 atom stereocenters. The Morgan fingerprint density at radius 1 is 1.38 bits per heavy atom. The molecule has 0 spiro atoms. The lowest BCUT2D eigenvalue weighted by molar-refractivity contribution is -0.121. The van der Waals surface area contributed by atoms with Crippen LogP contribution in [0, 0.1) is 5.41 Å². The largest absolute Gasteiger partial charge is 0.395 e. The summed E-state index contributed by atoms with van der Waals surface area (Å²) in [4.78, 5) is 11.1. The topological polar surface area (TPSA) is 49.3 Å². The lowest BCUT2D eigenvalue weighted by Gasteiger charge is -2.17. The van der Waals surface area contributed by atoms with Gasteiger partial charge in [0.2, 0.25) is 5.91 Å². The first-order chi connectivity index (χ1) is 5.95. The van der Waals surface area contributed by atoms with Crippen LogP contribution in [-0.2, 0) is 4.79 Å². The summed E-state index contributed by atoms with van der Waals surface area (Å²) in [5, 5.41) is 11.1. The zero-order chi connectivity index (χ0) is 10.3. The van der Waals surface area contributed by atoms with Crippen molar-refractivity contribution in [1.29, 1.82) is 0 Å². The fourth-order valence-corrected chi connectivity index (χ4v) is 1.06. The highest BCUT2D eigenvalue weighted by Crippen LogP contribution is 2.21. The quantitative estimate of drug-likeness (QED) is 0.682. The van der Waals surface area contributed by atoms with E-state index >= 15 is 0 Å². The highest BCUT2D eigenvalue weighted by atomic mass is 16.3. The minimum absolute atomic E-state index is 0.0189. The van der Waals surface area contributed by atoms with Crippen LogP contribution in [0.1, 0.15) is 40.0 Å². The summed E-state index contributed by atoms with van der Waals surface area (Å²) in [5.74, 6) is 0.0401. The van der Waals surface area contributed by atoms with Gasteiger partial charge in [-0.1, -0.05) is 20.8 Å². The van der Waals surface area contributed by atoms with Gasteiger partial charge in [0, 0.05) is 13.0 Å². The molecule has 1 amide bonds. The monoisotopic (exact) mass is 187 g/mol. The molecule has 0 unspecified atom stereocenters. The third-order valence-corrected chi connectivity index (χ3v) is 1.76. The SMILES string of the molecule is CC(C)(C)CCCC(=O)NCCO. The van der Waals surface area contributed by atoms with Gasteiger partial charge in [-0.25, -0.2) is 0 Å². The Morgan fingerprint density at radius 3 is 2.46 bits per heavy atom. The van der Waals surface area contributed by atoms with Crippen LogP contribution in [0.4, 0.5) is 0 Å². The number of hydrogen-bond donors (Lipinski definition) is 2. The first-order valence-corrected chi connectivity index (χ1v) is 4.83. The van der Waals surface area contributed by atoms with E-state index in [-0.39, 0.29) is 12.5 Å². The van der Waals surface area contributed by atoms with Crippen LogP contribution in [-0.4, -0.2) is 24.2 Å². The average Bonchev–Trinajstić information content (AvgIpc) is 1.98. The number of carbonyl (C=O) groups excluding carboxylic acids is 1. The molecule has 0 bridgehead atoms. The summed E-state index contributed by atoms with van der Waals surface area (Å²) in [6, 6.07) is 0. The van der Waals surface area contributed by atoms with E-state index in [2.05, 4.69) is 26.1 Å². The van der Waals surface area contributed by atoms with Crippen LogP contribution in [0.2, 0.25) is 0 Å². The van der Waals surface area contributed by atoms with Crippen LogP contribution in [0.3, 0.4) is 0 Å². The van der Waals surface area contributed by atoms with E-state index in [1.807, 2.05) is 0 Å². The summed E-state index contributed by atoms with van der Waals surface area (Å²) in [6.45, 7) is 6.88. The lowest BCUT2D eigenvalue weighted by Crippen LogP contribution is -2.26. The van der Waals surface area contributed by atoms with Gasteiger partial charge >= 0.3 is 0 Å². The molecule has 3 nitrogen and oxygen atoms in total. The van der Waals surface area contributed by atoms with E-state index in [0.717, 1.165) is 12.8 Å². The molecule has 78 valence electrons. The number of nitrogens with one attached hydrogen (secondary N) is 1. The minimum Gasteiger partial charge on any atom is -0.395 e. The first kappa shape index (κ1) is 12.4. The van der Waals surface area contributed by atoms with Crippen molar-refractivity contribution in [1.82, 2.24) is 5.32 Å². The molecule has 0 aromatic carbocycles. The maximum Gasteiger partial charge on any atom is 0.220 e. The van der Waals surface area contributed by atoms with Crippen molar-refractivity contribution in [2.24, 2.45) is 5.41 Å². The number of hydrogen-bond acceptors (Lipinski definition) is 2. The van der Waals surface area contributed by atoms with Crippen molar-refractivity contribution in [2.75, 3.05) is 13.2 Å². The van der Waals surface area contributed by atoms with Gasteiger partial charge in [0.15, 0.2) is 0 Å². The molecule has 0 aliphatic carbocycles. The second kappa shape index (κ2) is 5.97. The smallest absolute Gasteiger partial charge is 0.220 e. The van der Waals surface area contributed by atoms with Gasteiger partial charge in [0.1, 0.15) is 0 Å². The van der Waals surface area contributed by atoms with Gasteiger partial charge in [0.25, 0.3) is 0 Å². The zero-order valence-electron chi connectivity index (χ0n) is 8.89. The molecule has 0 aliphatic heterocycles. The summed E-state index contributed by atoms with van der Waals surface area (Å²) >= 11 is 0. The summed E-state index contributed by atoms with van der Waals surface area (Å²) < 4.78 is 0. The Morgan fingerprint density at radius 2 is 2.00 bits per heavy atom. The molecular formula is C10H21NO2. The van der Waals surface area contributed by atoms with E-state index in [9.17, 15) is 4.79 Å². The third-order valence-electron chi connectivity index (χ3n) is 1.76. The molecule has 0 radical (unpaired) electrons. The minimum atomic E-state index is 0.0189. The number of rotatable bonds is 5. The van der Waals surface area contributed by atoms with Crippen molar-refractivity contribution < 1.29 is 9.90 Å². The lowest BCUT2D eigenvalue weighted by atomic mass is 9.90. The second-order valence-corrected chi connectivity index (χ2v) is 4.49. The number of carbonyl (C=O) groups is 1. The predicted octanol–water partition coefficient (Wildman–Crippen LogP) is 1.31. The molecule has 3 heteroatoms. The summed E-state index contributed by atoms with van der Waals surface area (Å²) in [5.41, 5.74) is 0.303. The van der Waals surface area contributed by atoms with E-state index in [1.165, 1.54) is 0 Å². The highest BCUT2D eigenvalue weighted by Gasteiger charge is 2.10. The second-order valence-electron chi connectivity index (χ2n) is 4.49. The maximum absolute atomic E-state index is 11.1. The molecule has 0 heterocycles. The van der Waals surface area contributed by atoms with Gasteiger partial charge in [-0.05, 0) is 18.3 Å². The maximum atomic E-state index is 11.1. The Labute approximate surface area is 80.5 Å². The van der Waals surface area contributed by atoms with Crippen molar-refractivity contribution in [3.8, 4) is 0 Å². The Hall–Kier alpha value is -0.570. The van der Waals surface area contributed by atoms with Gasteiger partial charge < -0.3 is 10.4 Å². The van der Waals surface area contributed by atoms with Crippen molar-refractivity contribution in [3.63, 3.8) is 0 Å². The van der Waals surface area contributed by atoms with Crippen LogP contribution in [0.25, 0.3) is 0 Å². The molecule has 0 aromatic heterocycles. The number of amides is 1. The van der Waals surface area contributed by atoms with E-state index in [0.29, 0.717) is 18.4 Å². The van der Waals surface area contributed by atoms with Gasteiger partial charge in [0.05, 0.1) is 6.61 Å². The number of aliphatic hydroxyl groups excluding tert-OH is 1. The van der Waals surface area contributed by atoms with Crippen LogP contribution in [0.5, 0.6) is 0 Å². The average molecular weight is 187 g/mol. The molecule has 13 heavy (non-hydrogen) atoms.